The van der Waals surface area contributed by atoms with Crippen LogP contribution in [0.1, 0.15) is 24.0 Å². The third-order valence-electron chi connectivity index (χ3n) is 6.09. The van der Waals surface area contributed by atoms with Gasteiger partial charge in [-0.2, -0.15) is 5.10 Å². The number of fused-ring (bicyclic) bond motifs is 2. The van der Waals surface area contributed by atoms with Crippen LogP contribution in [0.15, 0.2) is 36.8 Å². The molecule has 1 aromatic carbocycles. The van der Waals surface area contributed by atoms with Gasteiger partial charge in [0.2, 0.25) is 5.91 Å². The number of aryl methyl sites for hydroxylation is 1. The molecule has 2 aliphatic rings. The molecule has 0 atom stereocenters. The van der Waals surface area contributed by atoms with Gasteiger partial charge in [0.1, 0.15) is 12.1 Å². The molecule has 1 saturated heterocycles. The number of piperidine rings is 1. The van der Waals surface area contributed by atoms with Crippen molar-refractivity contribution in [3.8, 4) is 0 Å². The molecule has 28 heavy (non-hydrogen) atoms. The van der Waals surface area contributed by atoms with Crippen LogP contribution in [0.25, 0.3) is 11.0 Å². The Labute approximate surface area is 164 Å². The fourth-order valence-corrected chi connectivity index (χ4v) is 4.48. The molecule has 3 aromatic rings. The second-order valence-corrected chi connectivity index (χ2v) is 7.74. The minimum atomic E-state index is 0.104. The summed E-state index contributed by atoms with van der Waals surface area (Å²) in [5, 5.41) is 5.28. The van der Waals surface area contributed by atoms with Crippen molar-refractivity contribution in [2.24, 2.45) is 13.0 Å². The molecule has 0 unspecified atom stereocenters. The first kappa shape index (κ1) is 17.2. The van der Waals surface area contributed by atoms with Gasteiger partial charge >= 0.3 is 0 Å². The molecular weight excluding hydrogens is 352 g/mol. The number of carbonyl (C=O) groups excluding carboxylic acids is 1. The van der Waals surface area contributed by atoms with Crippen LogP contribution in [0.5, 0.6) is 0 Å². The van der Waals surface area contributed by atoms with E-state index in [0.717, 1.165) is 62.3 Å². The lowest BCUT2D eigenvalue weighted by molar-refractivity contribution is -0.137. The minimum absolute atomic E-state index is 0.104. The van der Waals surface area contributed by atoms with Gasteiger partial charge in [0.25, 0.3) is 0 Å². The maximum absolute atomic E-state index is 13.1. The summed E-state index contributed by atoms with van der Waals surface area (Å²) in [6.07, 6.45) is 6.11. The second kappa shape index (κ2) is 6.89. The molecule has 4 heterocycles. The van der Waals surface area contributed by atoms with Crippen molar-refractivity contribution in [1.82, 2.24) is 24.6 Å². The number of hydrogen-bond donors (Lipinski definition) is 0. The van der Waals surface area contributed by atoms with Gasteiger partial charge < -0.3 is 9.80 Å². The average Bonchev–Trinajstić information content (AvgIpc) is 3.14. The summed E-state index contributed by atoms with van der Waals surface area (Å²) >= 11 is 0. The zero-order valence-corrected chi connectivity index (χ0v) is 16.1. The third-order valence-corrected chi connectivity index (χ3v) is 6.09. The molecular formula is C21H24N6O. The molecule has 1 amide bonds. The lowest BCUT2D eigenvalue weighted by atomic mass is 9.93. The van der Waals surface area contributed by atoms with Crippen molar-refractivity contribution in [1.29, 1.82) is 0 Å². The van der Waals surface area contributed by atoms with Crippen molar-refractivity contribution >= 4 is 22.8 Å². The maximum Gasteiger partial charge on any atom is 0.226 e. The van der Waals surface area contributed by atoms with Crippen molar-refractivity contribution in [3.05, 3.63) is 47.9 Å². The Morgan fingerprint density at radius 1 is 1.07 bits per heavy atom. The van der Waals surface area contributed by atoms with Crippen molar-refractivity contribution in [2.45, 2.75) is 25.8 Å². The number of rotatable bonds is 2. The van der Waals surface area contributed by atoms with Crippen LogP contribution in [-0.2, 0) is 24.8 Å². The highest BCUT2D eigenvalue weighted by atomic mass is 16.2. The number of benzene rings is 1. The predicted octanol–water partition coefficient (Wildman–Crippen LogP) is 2.16. The Morgan fingerprint density at radius 3 is 2.68 bits per heavy atom. The molecule has 0 bridgehead atoms. The summed E-state index contributed by atoms with van der Waals surface area (Å²) in [5.74, 6) is 1.34. The summed E-state index contributed by atoms with van der Waals surface area (Å²) in [6, 6.07) is 8.47. The smallest absolute Gasteiger partial charge is 0.226 e. The van der Waals surface area contributed by atoms with Gasteiger partial charge in [-0.25, -0.2) is 9.97 Å². The zero-order valence-electron chi connectivity index (χ0n) is 16.1. The standard InChI is InChI=1S/C21H24N6O/c1-25-19-18(12-24-25)20(23-14-22-19)26-9-7-16(8-10-26)21(28)27-11-6-15-4-2-3-5-17(15)13-27/h2-5,12,14,16H,6-11,13H2,1H3. The Bertz CT molecular complexity index is 1020. The van der Waals surface area contributed by atoms with Crippen LogP contribution in [0, 0.1) is 5.92 Å². The summed E-state index contributed by atoms with van der Waals surface area (Å²) in [6.45, 7) is 3.25. The van der Waals surface area contributed by atoms with Crippen LogP contribution in [0.3, 0.4) is 0 Å². The fourth-order valence-electron chi connectivity index (χ4n) is 4.48. The number of carbonyl (C=O) groups is 1. The molecule has 0 saturated carbocycles. The minimum Gasteiger partial charge on any atom is -0.356 e. The van der Waals surface area contributed by atoms with E-state index in [2.05, 4.69) is 44.2 Å². The summed E-state index contributed by atoms with van der Waals surface area (Å²) in [4.78, 5) is 26.2. The SMILES string of the molecule is Cn1ncc2c(N3CCC(C(=O)N4CCc5ccccc5C4)CC3)ncnc21. The summed E-state index contributed by atoms with van der Waals surface area (Å²) < 4.78 is 1.77. The molecule has 0 radical (unpaired) electrons. The monoisotopic (exact) mass is 376 g/mol. The lowest BCUT2D eigenvalue weighted by Crippen LogP contribution is -2.44. The molecule has 144 valence electrons. The largest absolute Gasteiger partial charge is 0.356 e. The number of amides is 1. The van der Waals surface area contributed by atoms with Crippen LogP contribution in [0.2, 0.25) is 0 Å². The van der Waals surface area contributed by atoms with Gasteiger partial charge in [-0.1, -0.05) is 24.3 Å². The highest BCUT2D eigenvalue weighted by Crippen LogP contribution is 2.29. The van der Waals surface area contributed by atoms with Crippen LogP contribution in [0.4, 0.5) is 5.82 Å². The number of aromatic nitrogens is 4. The second-order valence-electron chi connectivity index (χ2n) is 7.74. The lowest BCUT2D eigenvalue weighted by Gasteiger charge is -2.36. The Hall–Kier alpha value is -2.96. The number of anilines is 1. The first-order valence-electron chi connectivity index (χ1n) is 9.94. The van der Waals surface area contributed by atoms with E-state index in [0.29, 0.717) is 5.91 Å². The van der Waals surface area contributed by atoms with E-state index in [9.17, 15) is 4.79 Å². The van der Waals surface area contributed by atoms with Crippen molar-refractivity contribution in [3.63, 3.8) is 0 Å². The zero-order chi connectivity index (χ0) is 19.1. The van der Waals surface area contributed by atoms with E-state index in [1.165, 1.54) is 11.1 Å². The molecule has 0 aliphatic carbocycles. The average molecular weight is 376 g/mol. The Balaban J connectivity index is 1.26. The van der Waals surface area contributed by atoms with Gasteiger partial charge in [0, 0.05) is 39.1 Å². The van der Waals surface area contributed by atoms with Crippen LogP contribution in [-0.4, -0.2) is 50.2 Å². The van der Waals surface area contributed by atoms with E-state index < -0.39 is 0 Å². The molecule has 0 N–H and O–H groups in total. The predicted molar refractivity (Wildman–Crippen MR) is 107 cm³/mol. The van der Waals surface area contributed by atoms with Crippen LogP contribution < -0.4 is 4.90 Å². The quantitative estimate of drug-likeness (QED) is 0.686. The van der Waals surface area contributed by atoms with Crippen molar-refractivity contribution < 1.29 is 4.79 Å². The van der Waals surface area contributed by atoms with E-state index in [-0.39, 0.29) is 5.92 Å². The molecule has 7 heteroatoms. The molecule has 7 nitrogen and oxygen atoms in total. The first-order chi connectivity index (χ1) is 13.7. The van der Waals surface area contributed by atoms with Crippen molar-refractivity contribution in [2.75, 3.05) is 24.5 Å². The molecule has 2 aliphatic heterocycles. The van der Waals surface area contributed by atoms with E-state index >= 15 is 0 Å². The Morgan fingerprint density at radius 2 is 1.86 bits per heavy atom. The van der Waals surface area contributed by atoms with E-state index in [1.54, 1.807) is 11.0 Å². The summed E-state index contributed by atoms with van der Waals surface area (Å²) in [5.41, 5.74) is 3.51. The highest BCUT2D eigenvalue weighted by Gasteiger charge is 2.31. The molecule has 5 rings (SSSR count). The molecule has 0 spiro atoms. The number of hydrogen-bond acceptors (Lipinski definition) is 5. The third kappa shape index (κ3) is 2.91. The highest BCUT2D eigenvalue weighted by molar-refractivity contribution is 5.87. The van der Waals surface area contributed by atoms with E-state index in [4.69, 9.17) is 0 Å². The van der Waals surface area contributed by atoms with Crippen LogP contribution >= 0.6 is 0 Å². The van der Waals surface area contributed by atoms with Gasteiger partial charge in [-0.3, -0.25) is 9.48 Å². The molecule has 2 aromatic heterocycles. The number of nitrogens with zero attached hydrogens (tertiary/aromatic N) is 6. The molecule has 1 fully saturated rings. The van der Waals surface area contributed by atoms with E-state index in [1.807, 2.05) is 18.1 Å². The van der Waals surface area contributed by atoms with Gasteiger partial charge in [-0.15, -0.1) is 0 Å². The van der Waals surface area contributed by atoms with Gasteiger partial charge in [0.05, 0.1) is 11.6 Å². The van der Waals surface area contributed by atoms with Gasteiger partial charge in [0.15, 0.2) is 5.65 Å². The normalized spacial score (nSPS) is 17.8. The first-order valence-corrected chi connectivity index (χ1v) is 9.94. The fraction of sp³-hybridized carbons (Fsp3) is 0.429. The maximum atomic E-state index is 13.1. The Kier molecular flexibility index (Phi) is 4.22. The topological polar surface area (TPSA) is 67.2 Å². The van der Waals surface area contributed by atoms with Gasteiger partial charge in [-0.05, 0) is 30.4 Å². The summed E-state index contributed by atoms with van der Waals surface area (Å²) in [7, 11) is 1.89.